The minimum Gasteiger partial charge on any atom is -0.480 e. The summed E-state index contributed by atoms with van der Waals surface area (Å²) < 4.78 is 39.2. The van der Waals surface area contributed by atoms with Gasteiger partial charge in [-0.3, -0.25) is 4.79 Å². The van der Waals surface area contributed by atoms with Crippen LogP contribution in [0.15, 0.2) is 18.2 Å². The van der Waals surface area contributed by atoms with Crippen LogP contribution in [0.4, 0.5) is 13.2 Å². The highest BCUT2D eigenvalue weighted by Gasteiger charge is 2.31. The van der Waals surface area contributed by atoms with E-state index in [0.717, 1.165) is 18.2 Å². The zero-order valence-electron chi connectivity index (χ0n) is 7.96. The lowest BCUT2D eigenvalue weighted by molar-refractivity contribution is -0.274. The van der Waals surface area contributed by atoms with E-state index >= 15 is 0 Å². The van der Waals surface area contributed by atoms with Crippen molar-refractivity contribution in [3.8, 4) is 5.75 Å². The molecule has 1 unspecified atom stereocenters. The molecule has 8 heteroatoms. The average molecular weight is 289 g/mol. The fourth-order valence-corrected chi connectivity index (χ4v) is 1.57. The summed E-state index contributed by atoms with van der Waals surface area (Å²) in [6, 6.07) is 2.85. The number of rotatable bonds is 3. The zero-order valence-corrected chi connectivity index (χ0v) is 9.47. The highest BCUT2D eigenvalue weighted by Crippen LogP contribution is 2.32. The lowest BCUT2D eigenvalue weighted by Crippen LogP contribution is -2.17. The largest absolute Gasteiger partial charge is 0.573 e. The SMILES string of the molecule is O=C(O)C(Cl)c1ccc(OC(F)(F)F)cc1Cl. The summed E-state index contributed by atoms with van der Waals surface area (Å²) in [6.45, 7) is 0. The minimum absolute atomic E-state index is 0.00430. The quantitative estimate of drug-likeness (QED) is 0.865. The van der Waals surface area contributed by atoms with Crippen LogP contribution in [0.5, 0.6) is 5.75 Å². The Morgan fingerprint density at radius 2 is 2.00 bits per heavy atom. The second kappa shape index (κ2) is 5.01. The van der Waals surface area contributed by atoms with Gasteiger partial charge in [0.05, 0.1) is 0 Å². The van der Waals surface area contributed by atoms with Crippen LogP contribution in [0.3, 0.4) is 0 Å². The van der Waals surface area contributed by atoms with Crippen LogP contribution in [-0.2, 0) is 4.79 Å². The number of ether oxygens (including phenoxy) is 1. The lowest BCUT2D eigenvalue weighted by Gasteiger charge is -2.11. The summed E-state index contributed by atoms with van der Waals surface area (Å²) in [6.07, 6.45) is -4.84. The highest BCUT2D eigenvalue weighted by atomic mass is 35.5. The van der Waals surface area contributed by atoms with Crippen molar-refractivity contribution in [1.29, 1.82) is 0 Å². The Labute approximate surface area is 104 Å². The molecule has 1 rings (SSSR count). The normalized spacial score (nSPS) is 13.2. The van der Waals surface area contributed by atoms with E-state index in [4.69, 9.17) is 28.3 Å². The van der Waals surface area contributed by atoms with E-state index in [1.165, 1.54) is 0 Å². The molecule has 0 aliphatic carbocycles. The molecule has 0 aliphatic heterocycles. The number of aliphatic carboxylic acids is 1. The molecule has 0 radical (unpaired) electrons. The Morgan fingerprint density at radius 1 is 1.41 bits per heavy atom. The van der Waals surface area contributed by atoms with Crippen molar-refractivity contribution in [3.05, 3.63) is 28.8 Å². The van der Waals surface area contributed by atoms with Gasteiger partial charge in [0.25, 0.3) is 0 Å². The molecule has 3 nitrogen and oxygen atoms in total. The number of benzene rings is 1. The van der Waals surface area contributed by atoms with Crippen molar-refractivity contribution in [2.75, 3.05) is 0 Å². The maximum absolute atomic E-state index is 11.9. The molecule has 0 aliphatic rings. The highest BCUT2D eigenvalue weighted by molar-refractivity contribution is 6.35. The minimum atomic E-state index is -4.84. The molecule has 1 atom stereocenters. The van der Waals surface area contributed by atoms with E-state index in [1.807, 2.05) is 0 Å². The maximum atomic E-state index is 11.9. The Kier molecular flexibility index (Phi) is 4.11. The summed E-state index contributed by atoms with van der Waals surface area (Å²) in [5, 5.41) is 6.97. The van der Waals surface area contributed by atoms with Crippen LogP contribution in [0.1, 0.15) is 10.9 Å². The number of carboxylic acids is 1. The van der Waals surface area contributed by atoms with Gasteiger partial charge < -0.3 is 9.84 Å². The first-order chi connectivity index (χ1) is 7.70. The van der Waals surface area contributed by atoms with Gasteiger partial charge in [-0.2, -0.15) is 0 Å². The summed E-state index contributed by atoms with van der Waals surface area (Å²) in [4.78, 5) is 10.6. The molecule has 0 amide bonds. The van der Waals surface area contributed by atoms with E-state index in [9.17, 15) is 18.0 Å². The molecule has 17 heavy (non-hydrogen) atoms. The maximum Gasteiger partial charge on any atom is 0.573 e. The number of halogens is 5. The van der Waals surface area contributed by atoms with Crippen molar-refractivity contribution in [3.63, 3.8) is 0 Å². The van der Waals surface area contributed by atoms with Gasteiger partial charge in [0, 0.05) is 5.02 Å². The van der Waals surface area contributed by atoms with Gasteiger partial charge >= 0.3 is 12.3 Å². The first kappa shape index (κ1) is 13.9. The third-order valence-corrected chi connectivity index (χ3v) is 2.44. The molecular weight excluding hydrogens is 284 g/mol. The Balaban J connectivity index is 2.98. The van der Waals surface area contributed by atoms with Crippen molar-refractivity contribution < 1.29 is 27.8 Å². The molecule has 0 heterocycles. The third-order valence-electron chi connectivity index (χ3n) is 1.70. The molecule has 1 N–H and O–H groups in total. The number of carbonyl (C=O) groups is 1. The van der Waals surface area contributed by atoms with Crippen LogP contribution < -0.4 is 4.74 Å². The van der Waals surface area contributed by atoms with Gasteiger partial charge in [0.15, 0.2) is 5.38 Å². The molecule has 0 bridgehead atoms. The van der Waals surface area contributed by atoms with E-state index in [2.05, 4.69) is 4.74 Å². The monoisotopic (exact) mass is 288 g/mol. The number of hydrogen-bond donors (Lipinski definition) is 1. The molecule has 1 aromatic rings. The van der Waals surface area contributed by atoms with Crippen LogP contribution in [-0.4, -0.2) is 17.4 Å². The summed E-state index contributed by atoms with van der Waals surface area (Å²) in [7, 11) is 0. The predicted octanol–water partition coefficient (Wildman–Crippen LogP) is 3.60. The molecule has 1 aromatic carbocycles. The number of alkyl halides is 4. The average Bonchev–Trinajstić information content (AvgIpc) is 2.14. The van der Waals surface area contributed by atoms with E-state index in [0.29, 0.717) is 0 Å². The first-order valence-electron chi connectivity index (χ1n) is 4.13. The molecule has 0 saturated heterocycles. The van der Waals surface area contributed by atoms with Crippen molar-refractivity contribution in [1.82, 2.24) is 0 Å². The topological polar surface area (TPSA) is 46.5 Å². The number of carboxylic acid groups (broad SMARTS) is 1. The van der Waals surface area contributed by atoms with Crippen LogP contribution >= 0.6 is 23.2 Å². The van der Waals surface area contributed by atoms with Crippen LogP contribution in [0.25, 0.3) is 0 Å². The fraction of sp³-hybridized carbons (Fsp3) is 0.222. The standard InChI is InChI=1S/C9H5Cl2F3O3/c10-6-3-4(17-9(12,13)14)1-2-5(6)7(11)8(15)16/h1-3,7H,(H,15,16). The second-order valence-corrected chi connectivity index (χ2v) is 3.78. The van der Waals surface area contributed by atoms with Gasteiger partial charge in [0.2, 0.25) is 0 Å². The molecule has 0 fully saturated rings. The van der Waals surface area contributed by atoms with Crippen molar-refractivity contribution in [2.45, 2.75) is 11.7 Å². The van der Waals surface area contributed by atoms with Crippen LogP contribution in [0.2, 0.25) is 5.02 Å². The second-order valence-electron chi connectivity index (χ2n) is 2.93. The van der Waals surface area contributed by atoms with Gasteiger partial charge in [-0.15, -0.1) is 24.8 Å². The fourth-order valence-electron chi connectivity index (χ4n) is 1.04. The van der Waals surface area contributed by atoms with E-state index in [-0.39, 0.29) is 10.6 Å². The summed E-state index contributed by atoms with van der Waals surface area (Å²) >= 11 is 11.1. The van der Waals surface area contributed by atoms with Crippen molar-refractivity contribution in [2.24, 2.45) is 0 Å². The van der Waals surface area contributed by atoms with Gasteiger partial charge in [-0.25, -0.2) is 0 Å². The summed E-state index contributed by atoms with van der Waals surface area (Å²) in [5.41, 5.74) is -0.00430. The molecule has 94 valence electrons. The third kappa shape index (κ3) is 3.98. The van der Waals surface area contributed by atoms with E-state index < -0.39 is 23.5 Å². The van der Waals surface area contributed by atoms with Crippen molar-refractivity contribution >= 4 is 29.2 Å². The number of hydrogen-bond acceptors (Lipinski definition) is 2. The van der Waals surface area contributed by atoms with Gasteiger partial charge in [-0.1, -0.05) is 17.7 Å². The van der Waals surface area contributed by atoms with Gasteiger partial charge in [-0.05, 0) is 17.7 Å². The van der Waals surface area contributed by atoms with Crippen LogP contribution in [0, 0.1) is 0 Å². The Morgan fingerprint density at radius 3 is 2.41 bits per heavy atom. The molecular formula is C9H5Cl2F3O3. The Hall–Kier alpha value is -1.14. The van der Waals surface area contributed by atoms with E-state index in [1.54, 1.807) is 0 Å². The van der Waals surface area contributed by atoms with Gasteiger partial charge in [0.1, 0.15) is 5.75 Å². The zero-order chi connectivity index (χ0) is 13.2. The smallest absolute Gasteiger partial charge is 0.480 e. The molecule has 0 spiro atoms. The first-order valence-corrected chi connectivity index (χ1v) is 4.94. The predicted molar refractivity (Wildman–Crippen MR) is 54.4 cm³/mol. The molecule has 0 aromatic heterocycles. The molecule has 0 saturated carbocycles. The lowest BCUT2D eigenvalue weighted by atomic mass is 10.1. The Bertz CT molecular complexity index is 434. The summed E-state index contributed by atoms with van der Waals surface area (Å²) in [5.74, 6) is -1.89.